The molecule has 1 aromatic rings. The Morgan fingerprint density at radius 2 is 1.72 bits per heavy atom. The Bertz CT molecular complexity index is 382. The number of rotatable bonds is 7. The highest BCUT2D eigenvalue weighted by molar-refractivity contribution is 6.59. The zero-order valence-corrected chi connectivity index (χ0v) is 11.6. The van der Waals surface area contributed by atoms with E-state index in [4.69, 9.17) is 8.85 Å². The molecular formula is C12H18F2O3Si. The van der Waals surface area contributed by atoms with Gasteiger partial charge in [-0.2, -0.15) is 0 Å². The van der Waals surface area contributed by atoms with Gasteiger partial charge in [0.1, 0.15) is 0 Å². The maximum Gasteiger partial charge on any atom is 0.498 e. The zero-order chi connectivity index (χ0) is 13.6. The molecule has 18 heavy (non-hydrogen) atoms. The van der Waals surface area contributed by atoms with Crippen LogP contribution in [-0.4, -0.2) is 26.8 Å². The van der Waals surface area contributed by atoms with Crippen LogP contribution in [0.3, 0.4) is 0 Å². The summed E-state index contributed by atoms with van der Waals surface area (Å²) in [5.74, 6) is -1.76. The number of hydrogen-bond donors (Lipinski definition) is 1. The molecule has 1 aromatic carbocycles. The van der Waals surface area contributed by atoms with Gasteiger partial charge in [0.2, 0.25) is 0 Å². The lowest BCUT2D eigenvalue weighted by Crippen LogP contribution is -2.43. The van der Waals surface area contributed by atoms with E-state index in [-0.39, 0.29) is 0 Å². The first-order valence-electron chi connectivity index (χ1n) is 5.95. The Morgan fingerprint density at radius 1 is 1.11 bits per heavy atom. The second-order valence-electron chi connectivity index (χ2n) is 3.83. The molecule has 0 spiro atoms. The van der Waals surface area contributed by atoms with Gasteiger partial charge in [-0.1, -0.05) is 6.07 Å². The normalized spacial score (nSPS) is 11.8. The standard InChI is InChI=1S/C12H18F2O3Si/c1-3-16-18(15,17-4-2)8-7-10-5-6-11(13)12(14)9-10/h5-6,9,15H,3-4,7-8H2,1-2H3. The number of hydrogen-bond acceptors (Lipinski definition) is 3. The molecule has 0 aliphatic carbocycles. The average molecular weight is 276 g/mol. The van der Waals surface area contributed by atoms with Gasteiger partial charge in [-0.15, -0.1) is 0 Å². The van der Waals surface area contributed by atoms with Gasteiger partial charge in [0.05, 0.1) is 0 Å². The molecule has 0 fully saturated rings. The van der Waals surface area contributed by atoms with Gasteiger partial charge in [-0.25, -0.2) is 8.78 Å². The van der Waals surface area contributed by atoms with Crippen molar-refractivity contribution in [1.29, 1.82) is 0 Å². The third-order valence-electron chi connectivity index (χ3n) is 2.45. The molecule has 0 heterocycles. The maximum atomic E-state index is 13.0. The van der Waals surface area contributed by atoms with Crippen molar-refractivity contribution in [2.75, 3.05) is 13.2 Å². The first kappa shape index (κ1) is 15.2. The van der Waals surface area contributed by atoms with Crippen LogP contribution in [0.1, 0.15) is 19.4 Å². The van der Waals surface area contributed by atoms with Gasteiger partial charge in [0.15, 0.2) is 11.6 Å². The van der Waals surface area contributed by atoms with Gasteiger partial charge in [0, 0.05) is 19.3 Å². The quantitative estimate of drug-likeness (QED) is 0.778. The highest BCUT2D eigenvalue weighted by Crippen LogP contribution is 2.16. The Labute approximate surface area is 107 Å². The first-order valence-corrected chi connectivity index (χ1v) is 7.92. The number of aryl methyl sites for hydroxylation is 1. The van der Waals surface area contributed by atoms with Crippen LogP contribution in [0.5, 0.6) is 0 Å². The van der Waals surface area contributed by atoms with Crippen LogP contribution in [0.2, 0.25) is 6.04 Å². The summed E-state index contributed by atoms with van der Waals surface area (Å²) in [4.78, 5) is 10.1. The van der Waals surface area contributed by atoms with Crippen LogP contribution in [-0.2, 0) is 15.3 Å². The number of halogens is 2. The van der Waals surface area contributed by atoms with Crippen molar-refractivity contribution < 1.29 is 22.4 Å². The lowest BCUT2D eigenvalue weighted by atomic mass is 10.2. The molecule has 1 N–H and O–H groups in total. The van der Waals surface area contributed by atoms with E-state index in [9.17, 15) is 13.6 Å². The molecule has 0 saturated carbocycles. The summed E-state index contributed by atoms with van der Waals surface area (Å²) in [6.45, 7) is 4.27. The lowest BCUT2D eigenvalue weighted by molar-refractivity contribution is 0.108. The van der Waals surface area contributed by atoms with Crippen molar-refractivity contribution in [3.63, 3.8) is 0 Å². The zero-order valence-electron chi connectivity index (χ0n) is 10.6. The highest BCUT2D eigenvalue weighted by atomic mass is 28.4. The fourth-order valence-electron chi connectivity index (χ4n) is 1.63. The molecule has 0 bridgehead atoms. The third-order valence-corrected chi connectivity index (χ3v) is 4.81. The Balaban J connectivity index is 2.63. The molecule has 0 aliphatic rings. The molecule has 0 aliphatic heterocycles. The van der Waals surface area contributed by atoms with Crippen molar-refractivity contribution >= 4 is 8.80 Å². The SMILES string of the molecule is CCO[Si](O)(CCc1ccc(F)c(F)c1)OCC. The summed E-state index contributed by atoms with van der Waals surface area (Å²) in [5.41, 5.74) is 0.610. The minimum absolute atomic E-state index is 0.291. The van der Waals surface area contributed by atoms with Crippen molar-refractivity contribution in [3.8, 4) is 0 Å². The summed E-state index contributed by atoms with van der Waals surface area (Å²) in [6, 6.07) is 3.99. The fraction of sp³-hybridized carbons (Fsp3) is 0.500. The monoisotopic (exact) mass is 276 g/mol. The molecule has 0 aromatic heterocycles. The Morgan fingerprint density at radius 3 is 2.22 bits per heavy atom. The summed E-state index contributed by atoms with van der Waals surface area (Å²) in [7, 11) is -3.18. The topological polar surface area (TPSA) is 38.7 Å². The van der Waals surface area contributed by atoms with Crippen LogP contribution in [0.15, 0.2) is 18.2 Å². The van der Waals surface area contributed by atoms with E-state index < -0.39 is 20.4 Å². The van der Waals surface area contributed by atoms with Crippen LogP contribution in [0.4, 0.5) is 8.78 Å². The minimum atomic E-state index is -3.18. The van der Waals surface area contributed by atoms with Crippen LogP contribution in [0.25, 0.3) is 0 Å². The van der Waals surface area contributed by atoms with Crippen molar-refractivity contribution in [1.82, 2.24) is 0 Å². The molecule has 0 unspecified atom stereocenters. The molecular weight excluding hydrogens is 258 g/mol. The van der Waals surface area contributed by atoms with Crippen molar-refractivity contribution in [2.24, 2.45) is 0 Å². The summed E-state index contributed by atoms with van der Waals surface area (Å²) >= 11 is 0. The van der Waals surface area contributed by atoms with E-state index >= 15 is 0 Å². The maximum absolute atomic E-state index is 13.0. The van der Waals surface area contributed by atoms with E-state index in [1.165, 1.54) is 6.07 Å². The predicted molar refractivity (Wildman–Crippen MR) is 66.1 cm³/mol. The van der Waals surface area contributed by atoms with Crippen LogP contribution >= 0.6 is 0 Å². The van der Waals surface area contributed by atoms with E-state index in [2.05, 4.69) is 0 Å². The fourth-order valence-corrected chi connectivity index (χ4v) is 3.51. The molecule has 102 valence electrons. The molecule has 1 rings (SSSR count). The largest absolute Gasteiger partial charge is 0.498 e. The lowest BCUT2D eigenvalue weighted by Gasteiger charge is -2.22. The second kappa shape index (κ2) is 6.94. The van der Waals surface area contributed by atoms with E-state index in [1.54, 1.807) is 13.8 Å². The Hall–Kier alpha value is -0.823. The van der Waals surface area contributed by atoms with Gasteiger partial charge < -0.3 is 13.6 Å². The Kier molecular flexibility index (Phi) is 5.87. The highest BCUT2D eigenvalue weighted by Gasteiger charge is 2.35. The molecule has 0 amide bonds. The number of benzene rings is 1. The van der Waals surface area contributed by atoms with Crippen LogP contribution < -0.4 is 0 Å². The summed E-state index contributed by atoms with van der Waals surface area (Å²) in [6.07, 6.45) is 0.389. The van der Waals surface area contributed by atoms with Gasteiger partial charge in [0.25, 0.3) is 0 Å². The first-order chi connectivity index (χ1) is 8.50. The van der Waals surface area contributed by atoms with E-state index in [0.717, 1.165) is 12.1 Å². The molecule has 0 radical (unpaired) electrons. The van der Waals surface area contributed by atoms with E-state index in [1.807, 2.05) is 0 Å². The van der Waals surface area contributed by atoms with Gasteiger partial charge >= 0.3 is 8.80 Å². The average Bonchev–Trinajstić information content (AvgIpc) is 2.32. The smallest absolute Gasteiger partial charge is 0.390 e. The molecule has 3 nitrogen and oxygen atoms in total. The van der Waals surface area contributed by atoms with E-state index in [0.29, 0.717) is 31.2 Å². The molecule has 0 atom stereocenters. The van der Waals surface area contributed by atoms with Crippen molar-refractivity contribution in [3.05, 3.63) is 35.4 Å². The van der Waals surface area contributed by atoms with Gasteiger partial charge in [-0.3, -0.25) is 0 Å². The third kappa shape index (κ3) is 4.45. The minimum Gasteiger partial charge on any atom is -0.390 e. The molecule has 6 heteroatoms. The molecule has 0 saturated heterocycles. The second-order valence-corrected chi connectivity index (χ2v) is 6.33. The van der Waals surface area contributed by atoms with Crippen molar-refractivity contribution in [2.45, 2.75) is 26.3 Å². The van der Waals surface area contributed by atoms with Gasteiger partial charge in [-0.05, 0) is 38.0 Å². The predicted octanol–water partition coefficient (Wildman–Crippen LogP) is 2.51. The van der Waals surface area contributed by atoms with Crippen LogP contribution in [0, 0.1) is 11.6 Å². The summed E-state index contributed by atoms with van der Waals surface area (Å²) < 4.78 is 36.3. The summed E-state index contributed by atoms with van der Waals surface area (Å²) in [5, 5.41) is 0.